The summed E-state index contributed by atoms with van der Waals surface area (Å²) in [5.41, 5.74) is 1.49. The van der Waals surface area contributed by atoms with Gasteiger partial charge in [-0.1, -0.05) is 11.6 Å². The lowest BCUT2D eigenvalue weighted by Crippen LogP contribution is -2.37. The number of nitrogens with zero attached hydrogens (tertiary/aromatic N) is 1. The molecule has 0 fully saturated rings. The SMILES string of the molecule is Cc1cc(Cl)cc(C(=O)N(C)C(C)CO)c1. The first kappa shape index (κ1) is 13.0. The Bertz CT molecular complexity index is 372. The zero-order valence-electron chi connectivity index (χ0n) is 9.70. The number of aliphatic hydroxyl groups is 1. The number of amides is 1. The fraction of sp³-hybridized carbons (Fsp3) is 0.417. The summed E-state index contributed by atoms with van der Waals surface area (Å²) in [5, 5.41) is 9.54. The summed E-state index contributed by atoms with van der Waals surface area (Å²) < 4.78 is 0. The van der Waals surface area contributed by atoms with E-state index < -0.39 is 0 Å². The first-order chi connectivity index (χ1) is 7.45. The highest BCUT2D eigenvalue weighted by Gasteiger charge is 2.17. The Hall–Kier alpha value is -1.06. The Kier molecular flexibility index (Phi) is 4.33. The summed E-state index contributed by atoms with van der Waals surface area (Å²) in [5.74, 6) is -0.132. The van der Waals surface area contributed by atoms with Crippen LogP contribution < -0.4 is 0 Å². The van der Waals surface area contributed by atoms with Crippen molar-refractivity contribution < 1.29 is 9.90 Å². The number of hydrogen-bond donors (Lipinski definition) is 1. The van der Waals surface area contributed by atoms with Gasteiger partial charge in [-0.05, 0) is 37.6 Å². The average Bonchev–Trinajstić information content (AvgIpc) is 2.24. The molecule has 0 aliphatic heterocycles. The van der Waals surface area contributed by atoms with Crippen molar-refractivity contribution in [1.29, 1.82) is 0 Å². The molecule has 0 saturated heterocycles. The molecule has 1 atom stereocenters. The molecule has 1 aromatic carbocycles. The predicted molar refractivity (Wildman–Crippen MR) is 64.8 cm³/mol. The van der Waals surface area contributed by atoms with E-state index >= 15 is 0 Å². The summed E-state index contributed by atoms with van der Waals surface area (Å²) in [7, 11) is 1.67. The lowest BCUT2D eigenvalue weighted by atomic mass is 10.1. The van der Waals surface area contributed by atoms with Crippen LogP contribution in [0, 0.1) is 6.92 Å². The number of hydrogen-bond acceptors (Lipinski definition) is 2. The van der Waals surface area contributed by atoms with Gasteiger partial charge in [0.1, 0.15) is 0 Å². The van der Waals surface area contributed by atoms with Gasteiger partial charge in [0.2, 0.25) is 0 Å². The standard InChI is InChI=1S/C12H16ClNO2/c1-8-4-10(6-11(13)5-8)12(16)14(3)9(2)7-15/h4-6,9,15H,7H2,1-3H3. The Morgan fingerprint density at radius 1 is 1.50 bits per heavy atom. The molecular weight excluding hydrogens is 226 g/mol. The van der Waals surface area contributed by atoms with Crippen LogP contribution in [0.5, 0.6) is 0 Å². The highest BCUT2D eigenvalue weighted by molar-refractivity contribution is 6.31. The Morgan fingerprint density at radius 2 is 2.12 bits per heavy atom. The van der Waals surface area contributed by atoms with Gasteiger partial charge in [-0.2, -0.15) is 0 Å². The van der Waals surface area contributed by atoms with Crippen molar-refractivity contribution in [2.45, 2.75) is 19.9 Å². The number of benzene rings is 1. The van der Waals surface area contributed by atoms with Crippen molar-refractivity contribution in [1.82, 2.24) is 4.90 Å². The Balaban J connectivity index is 2.96. The quantitative estimate of drug-likeness (QED) is 0.881. The van der Waals surface area contributed by atoms with Crippen LogP contribution in [0.25, 0.3) is 0 Å². The third-order valence-corrected chi connectivity index (χ3v) is 2.75. The van der Waals surface area contributed by atoms with Crippen molar-refractivity contribution in [3.63, 3.8) is 0 Å². The average molecular weight is 242 g/mol. The van der Waals surface area contributed by atoms with E-state index in [1.165, 1.54) is 4.90 Å². The maximum Gasteiger partial charge on any atom is 0.253 e. The second kappa shape index (κ2) is 5.32. The molecule has 16 heavy (non-hydrogen) atoms. The van der Waals surface area contributed by atoms with Crippen LogP contribution in [0.3, 0.4) is 0 Å². The molecule has 0 radical (unpaired) electrons. The smallest absolute Gasteiger partial charge is 0.253 e. The van der Waals surface area contributed by atoms with Crippen LogP contribution in [-0.2, 0) is 0 Å². The predicted octanol–water partition coefficient (Wildman–Crippen LogP) is 2.10. The molecule has 88 valence electrons. The second-order valence-electron chi connectivity index (χ2n) is 3.96. The van der Waals surface area contributed by atoms with Crippen LogP contribution in [0.2, 0.25) is 5.02 Å². The lowest BCUT2D eigenvalue weighted by Gasteiger charge is -2.23. The summed E-state index contributed by atoms with van der Waals surface area (Å²) in [6.07, 6.45) is 0. The molecule has 1 rings (SSSR count). The molecule has 0 aliphatic rings. The number of likely N-dealkylation sites (N-methyl/N-ethyl adjacent to an activating group) is 1. The van der Waals surface area contributed by atoms with E-state index in [0.29, 0.717) is 10.6 Å². The molecule has 3 nitrogen and oxygen atoms in total. The van der Waals surface area contributed by atoms with Gasteiger partial charge in [-0.15, -0.1) is 0 Å². The summed E-state index contributed by atoms with van der Waals surface area (Å²) in [4.78, 5) is 13.5. The molecule has 1 N–H and O–H groups in total. The van der Waals surface area contributed by atoms with Crippen LogP contribution >= 0.6 is 11.6 Å². The topological polar surface area (TPSA) is 40.5 Å². The molecule has 0 bridgehead atoms. The second-order valence-corrected chi connectivity index (χ2v) is 4.40. The van der Waals surface area contributed by atoms with E-state index in [0.717, 1.165) is 5.56 Å². The van der Waals surface area contributed by atoms with Crippen LogP contribution in [0.1, 0.15) is 22.8 Å². The van der Waals surface area contributed by atoms with E-state index in [9.17, 15) is 4.79 Å². The van der Waals surface area contributed by atoms with Gasteiger partial charge in [-0.25, -0.2) is 0 Å². The molecule has 1 aromatic rings. The Labute approximate surface area is 101 Å². The van der Waals surface area contributed by atoms with Crippen molar-refractivity contribution in [3.8, 4) is 0 Å². The maximum absolute atomic E-state index is 12.0. The van der Waals surface area contributed by atoms with E-state index in [2.05, 4.69) is 0 Å². The van der Waals surface area contributed by atoms with Gasteiger partial charge in [0.15, 0.2) is 0 Å². The molecule has 0 aliphatic carbocycles. The van der Waals surface area contributed by atoms with E-state index in [4.69, 9.17) is 16.7 Å². The van der Waals surface area contributed by atoms with Gasteiger partial charge in [0.25, 0.3) is 5.91 Å². The van der Waals surface area contributed by atoms with Crippen LogP contribution in [0.15, 0.2) is 18.2 Å². The van der Waals surface area contributed by atoms with E-state index in [1.54, 1.807) is 32.2 Å². The number of aryl methyl sites for hydroxylation is 1. The molecule has 0 aromatic heterocycles. The van der Waals surface area contributed by atoms with Crippen LogP contribution in [0.4, 0.5) is 0 Å². The molecule has 1 amide bonds. The zero-order chi connectivity index (χ0) is 12.3. The normalized spacial score (nSPS) is 12.3. The van der Waals surface area contributed by atoms with Crippen molar-refractivity contribution in [2.24, 2.45) is 0 Å². The van der Waals surface area contributed by atoms with Crippen LogP contribution in [-0.4, -0.2) is 35.6 Å². The summed E-state index contributed by atoms with van der Waals surface area (Å²) in [6, 6.07) is 5.02. The number of carbonyl (C=O) groups is 1. The molecule has 0 saturated carbocycles. The fourth-order valence-electron chi connectivity index (χ4n) is 1.39. The minimum Gasteiger partial charge on any atom is -0.394 e. The maximum atomic E-state index is 12.0. The number of aliphatic hydroxyl groups excluding tert-OH is 1. The molecule has 0 heterocycles. The summed E-state index contributed by atoms with van der Waals surface area (Å²) in [6.45, 7) is 3.62. The fourth-order valence-corrected chi connectivity index (χ4v) is 1.68. The first-order valence-electron chi connectivity index (χ1n) is 5.11. The van der Waals surface area contributed by atoms with Gasteiger partial charge < -0.3 is 10.0 Å². The number of halogens is 1. The largest absolute Gasteiger partial charge is 0.394 e. The van der Waals surface area contributed by atoms with Crippen molar-refractivity contribution in [3.05, 3.63) is 34.3 Å². The minimum absolute atomic E-state index is 0.0538. The van der Waals surface area contributed by atoms with Gasteiger partial charge in [0.05, 0.1) is 12.6 Å². The molecule has 0 spiro atoms. The van der Waals surface area contributed by atoms with E-state index in [-0.39, 0.29) is 18.6 Å². The van der Waals surface area contributed by atoms with Gasteiger partial charge in [0, 0.05) is 17.6 Å². The van der Waals surface area contributed by atoms with Crippen molar-refractivity contribution in [2.75, 3.05) is 13.7 Å². The lowest BCUT2D eigenvalue weighted by molar-refractivity contribution is 0.0682. The first-order valence-corrected chi connectivity index (χ1v) is 5.48. The number of rotatable bonds is 3. The molecule has 4 heteroatoms. The highest BCUT2D eigenvalue weighted by atomic mass is 35.5. The third-order valence-electron chi connectivity index (χ3n) is 2.53. The monoisotopic (exact) mass is 241 g/mol. The van der Waals surface area contributed by atoms with Crippen molar-refractivity contribution >= 4 is 17.5 Å². The van der Waals surface area contributed by atoms with Gasteiger partial charge in [-0.3, -0.25) is 4.79 Å². The summed E-state index contributed by atoms with van der Waals surface area (Å²) >= 11 is 5.89. The molecule has 1 unspecified atom stereocenters. The highest BCUT2D eigenvalue weighted by Crippen LogP contribution is 2.16. The van der Waals surface area contributed by atoms with Gasteiger partial charge >= 0.3 is 0 Å². The molecular formula is C12H16ClNO2. The zero-order valence-corrected chi connectivity index (χ0v) is 10.5. The third kappa shape index (κ3) is 2.97. The van der Waals surface area contributed by atoms with E-state index in [1.807, 2.05) is 6.92 Å². The Morgan fingerprint density at radius 3 is 2.62 bits per heavy atom. The minimum atomic E-state index is -0.202. The number of carbonyl (C=O) groups excluding carboxylic acids is 1.